The molecule has 25 heavy (non-hydrogen) atoms. The summed E-state index contributed by atoms with van der Waals surface area (Å²) in [6.45, 7) is 0. The first-order valence-electron chi connectivity index (χ1n) is 8.21. The van der Waals surface area contributed by atoms with Gasteiger partial charge in [-0.05, 0) is 37.3 Å². The molecule has 1 aliphatic heterocycles. The minimum Gasteiger partial charge on any atom is -0.367 e. The van der Waals surface area contributed by atoms with Crippen LogP contribution in [0.3, 0.4) is 0 Å². The van der Waals surface area contributed by atoms with E-state index in [4.69, 9.17) is 0 Å². The number of nitrogens with zero attached hydrogens (tertiary/aromatic N) is 2. The lowest BCUT2D eigenvalue weighted by Crippen LogP contribution is -2.40. The van der Waals surface area contributed by atoms with Gasteiger partial charge in [0.05, 0.1) is 0 Å². The zero-order valence-electron chi connectivity index (χ0n) is 13.3. The second kappa shape index (κ2) is 5.79. The topological polar surface area (TPSA) is 59.0 Å². The second-order valence-corrected chi connectivity index (χ2v) is 6.56. The molecule has 1 aromatic carbocycles. The third kappa shape index (κ3) is 3.20. The number of hydrogen-bond acceptors (Lipinski definition) is 3. The Morgan fingerprint density at radius 2 is 1.96 bits per heavy atom. The zero-order valence-corrected chi connectivity index (χ0v) is 13.3. The number of para-hydroxylation sites is 1. The van der Waals surface area contributed by atoms with E-state index in [0.717, 1.165) is 17.5 Å². The first kappa shape index (κ1) is 16.0. The van der Waals surface area contributed by atoms with Crippen LogP contribution in [0.15, 0.2) is 36.4 Å². The van der Waals surface area contributed by atoms with E-state index in [9.17, 15) is 18.0 Å². The van der Waals surface area contributed by atoms with Crippen LogP contribution < -0.4 is 10.6 Å². The summed E-state index contributed by atoms with van der Waals surface area (Å²) in [5.74, 6) is -0.00224. The molecule has 1 amide bonds. The van der Waals surface area contributed by atoms with Gasteiger partial charge in [0, 0.05) is 17.8 Å². The maximum absolute atomic E-state index is 13.4. The molecule has 1 saturated carbocycles. The summed E-state index contributed by atoms with van der Waals surface area (Å²) in [7, 11) is 0. The van der Waals surface area contributed by atoms with E-state index in [1.54, 1.807) is 30.3 Å². The fraction of sp³-hybridized carbons (Fsp3) is 0.412. The molecule has 2 aliphatic rings. The molecule has 4 rings (SSSR count). The van der Waals surface area contributed by atoms with E-state index in [1.807, 2.05) is 0 Å². The highest BCUT2D eigenvalue weighted by molar-refractivity contribution is 6.03. The van der Waals surface area contributed by atoms with E-state index in [-0.39, 0.29) is 29.9 Å². The van der Waals surface area contributed by atoms with Crippen LogP contribution in [-0.2, 0) is 0 Å². The Morgan fingerprint density at radius 3 is 2.60 bits per heavy atom. The molecular weight excluding hydrogens is 333 g/mol. The summed E-state index contributed by atoms with van der Waals surface area (Å²) in [5, 5.41) is 9.70. The highest BCUT2D eigenvalue weighted by Gasteiger charge is 2.49. The SMILES string of the molecule is O=C(Nc1ccccc1)c1cc2n(n1)[C@H](C(F)(F)F)C[C@@H](C1CC1)N2. The number of alkyl halides is 3. The number of fused-ring (bicyclic) bond motifs is 1. The number of aromatic nitrogens is 2. The number of halogens is 3. The van der Waals surface area contributed by atoms with Gasteiger partial charge >= 0.3 is 6.18 Å². The number of carbonyl (C=O) groups excluding carboxylic acids is 1. The molecule has 8 heteroatoms. The van der Waals surface area contributed by atoms with E-state index in [2.05, 4.69) is 15.7 Å². The summed E-state index contributed by atoms with van der Waals surface area (Å²) in [5.41, 5.74) is 0.534. The standard InChI is InChI=1S/C17H17F3N4O/c18-17(19,20)14-8-12(10-6-7-10)22-15-9-13(23-24(14)15)16(25)21-11-4-2-1-3-5-11/h1-5,9-10,12,14,22H,6-8H2,(H,21,25)/t12-,14-/m0/s1. The Hall–Kier alpha value is -2.51. The van der Waals surface area contributed by atoms with Crippen LogP contribution in [0, 0.1) is 5.92 Å². The molecule has 1 fully saturated rings. The molecule has 5 nitrogen and oxygen atoms in total. The number of amides is 1. The molecule has 0 saturated heterocycles. The van der Waals surface area contributed by atoms with Crippen molar-refractivity contribution in [3.63, 3.8) is 0 Å². The normalized spacial score (nSPS) is 22.8. The summed E-state index contributed by atoms with van der Waals surface area (Å²) >= 11 is 0. The monoisotopic (exact) mass is 350 g/mol. The van der Waals surface area contributed by atoms with Crippen LogP contribution in [0.5, 0.6) is 0 Å². The van der Waals surface area contributed by atoms with Crippen LogP contribution in [-0.4, -0.2) is 27.9 Å². The first-order valence-corrected chi connectivity index (χ1v) is 8.21. The fourth-order valence-electron chi connectivity index (χ4n) is 3.24. The van der Waals surface area contributed by atoms with Crippen molar-refractivity contribution in [1.82, 2.24) is 9.78 Å². The van der Waals surface area contributed by atoms with Crippen molar-refractivity contribution in [2.75, 3.05) is 10.6 Å². The molecular formula is C17H17F3N4O. The van der Waals surface area contributed by atoms with Gasteiger partial charge in [-0.1, -0.05) is 18.2 Å². The molecule has 1 aromatic heterocycles. The van der Waals surface area contributed by atoms with Crippen LogP contribution >= 0.6 is 0 Å². The average molecular weight is 350 g/mol. The minimum absolute atomic E-state index is 0.0305. The average Bonchev–Trinajstić information content (AvgIpc) is 3.32. The number of carbonyl (C=O) groups is 1. The predicted molar refractivity (Wildman–Crippen MR) is 86.5 cm³/mol. The molecule has 2 heterocycles. The molecule has 2 atom stereocenters. The van der Waals surface area contributed by atoms with Crippen molar-refractivity contribution < 1.29 is 18.0 Å². The van der Waals surface area contributed by atoms with Crippen LogP contribution in [0.25, 0.3) is 0 Å². The largest absolute Gasteiger partial charge is 0.410 e. The molecule has 1 aliphatic carbocycles. The Bertz CT molecular complexity index is 783. The molecule has 0 bridgehead atoms. The number of anilines is 2. The third-order valence-corrected chi connectivity index (χ3v) is 4.67. The Morgan fingerprint density at radius 1 is 1.24 bits per heavy atom. The smallest absolute Gasteiger partial charge is 0.367 e. The lowest BCUT2D eigenvalue weighted by Gasteiger charge is -2.33. The van der Waals surface area contributed by atoms with Crippen molar-refractivity contribution in [3.05, 3.63) is 42.1 Å². The van der Waals surface area contributed by atoms with Gasteiger partial charge in [0.1, 0.15) is 5.82 Å². The molecule has 0 radical (unpaired) electrons. The Kier molecular flexibility index (Phi) is 3.70. The van der Waals surface area contributed by atoms with Crippen molar-refractivity contribution >= 4 is 17.4 Å². The number of nitrogens with one attached hydrogen (secondary N) is 2. The van der Waals surface area contributed by atoms with Crippen LogP contribution in [0.4, 0.5) is 24.7 Å². The van der Waals surface area contributed by atoms with Crippen molar-refractivity contribution in [2.24, 2.45) is 5.92 Å². The molecule has 2 N–H and O–H groups in total. The van der Waals surface area contributed by atoms with E-state index in [0.29, 0.717) is 5.69 Å². The number of rotatable bonds is 3. The lowest BCUT2D eigenvalue weighted by molar-refractivity contribution is -0.174. The van der Waals surface area contributed by atoms with E-state index in [1.165, 1.54) is 6.07 Å². The summed E-state index contributed by atoms with van der Waals surface area (Å²) in [6.07, 6.45) is -2.57. The highest BCUT2D eigenvalue weighted by atomic mass is 19.4. The predicted octanol–water partition coefficient (Wildman–Crippen LogP) is 3.83. The summed E-state index contributed by atoms with van der Waals surface area (Å²) in [4.78, 5) is 12.3. The fourth-order valence-corrected chi connectivity index (χ4v) is 3.24. The number of benzene rings is 1. The van der Waals surface area contributed by atoms with Gasteiger partial charge in [-0.25, -0.2) is 4.68 Å². The van der Waals surface area contributed by atoms with Gasteiger partial charge in [0.15, 0.2) is 11.7 Å². The number of hydrogen-bond donors (Lipinski definition) is 2. The molecule has 132 valence electrons. The molecule has 2 aromatic rings. The first-order chi connectivity index (χ1) is 11.9. The van der Waals surface area contributed by atoms with E-state index < -0.39 is 18.1 Å². The van der Waals surface area contributed by atoms with E-state index >= 15 is 0 Å². The van der Waals surface area contributed by atoms with Gasteiger partial charge in [0.25, 0.3) is 5.91 Å². The van der Waals surface area contributed by atoms with Crippen molar-refractivity contribution in [1.29, 1.82) is 0 Å². The maximum atomic E-state index is 13.4. The maximum Gasteiger partial charge on any atom is 0.410 e. The quantitative estimate of drug-likeness (QED) is 0.884. The van der Waals surface area contributed by atoms with Crippen LogP contribution in [0.1, 0.15) is 35.8 Å². The zero-order chi connectivity index (χ0) is 17.6. The Labute approximate surface area is 142 Å². The minimum atomic E-state index is -4.40. The highest BCUT2D eigenvalue weighted by Crippen LogP contribution is 2.45. The Balaban J connectivity index is 1.61. The van der Waals surface area contributed by atoms with Gasteiger partial charge in [-0.2, -0.15) is 18.3 Å². The second-order valence-electron chi connectivity index (χ2n) is 6.56. The summed E-state index contributed by atoms with van der Waals surface area (Å²) < 4.78 is 41.2. The molecule has 0 spiro atoms. The molecule has 0 unspecified atom stereocenters. The van der Waals surface area contributed by atoms with Crippen LogP contribution in [0.2, 0.25) is 0 Å². The lowest BCUT2D eigenvalue weighted by atomic mass is 10.0. The van der Waals surface area contributed by atoms with Gasteiger partial charge in [-0.15, -0.1) is 0 Å². The van der Waals surface area contributed by atoms with Gasteiger partial charge < -0.3 is 10.6 Å². The van der Waals surface area contributed by atoms with Crippen molar-refractivity contribution in [2.45, 2.75) is 37.5 Å². The van der Waals surface area contributed by atoms with Crippen molar-refractivity contribution in [3.8, 4) is 0 Å². The van der Waals surface area contributed by atoms with Gasteiger partial charge in [0.2, 0.25) is 0 Å². The van der Waals surface area contributed by atoms with Gasteiger partial charge in [-0.3, -0.25) is 4.79 Å². The summed E-state index contributed by atoms with van der Waals surface area (Å²) in [6, 6.07) is 8.20. The third-order valence-electron chi connectivity index (χ3n) is 4.67.